The zero-order valence-corrected chi connectivity index (χ0v) is 10.0. The second-order valence-electron chi connectivity index (χ2n) is 4.42. The molecule has 1 aliphatic heterocycles. The van der Waals surface area contributed by atoms with Gasteiger partial charge in [-0.2, -0.15) is 5.10 Å². The largest absolute Gasteiger partial charge is 0.478 e. The van der Waals surface area contributed by atoms with E-state index in [1.165, 1.54) is 0 Å². The van der Waals surface area contributed by atoms with Gasteiger partial charge < -0.3 is 4.74 Å². The van der Waals surface area contributed by atoms with E-state index in [4.69, 9.17) is 4.74 Å². The van der Waals surface area contributed by atoms with E-state index in [1.807, 2.05) is 22.9 Å². The molecule has 0 spiro atoms. The number of nitrogens with zero attached hydrogens (tertiary/aromatic N) is 2. The molecule has 0 bridgehead atoms. The molecular formula is C14H16N2O. The van der Waals surface area contributed by atoms with Crippen LogP contribution in [0.2, 0.25) is 0 Å². The average Bonchev–Trinajstić information content (AvgIpc) is 2.56. The van der Waals surface area contributed by atoms with Crippen molar-refractivity contribution in [1.29, 1.82) is 0 Å². The second kappa shape index (κ2) is 4.24. The van der Waals surface area contributed by atoms with Gasteiger partial charge in [-0.05, 0) is 19.8 Å². The molecule has 1 aliphatic rings. The van der Waals surface area contributed by atoms with Crippen molar-refractivity contribution in [2.75, 3.05) is 6.61 Å². The Kier molecular flexibility index (Phi) is 2.59. The maximum atomic E-state index is 5.78. The third-order valence-corrected chi connectivity index (χ3v) is 3.18. The van der Waals surface area contributed by atoms with E-state index < -0.39 is 0 Å². The van der Waals surface area contributed by atoms with Crippen LogP contribution in [0.3, 0.4) is 0 Å². The first-order valence-corrected chi connectivity index (χ1v) is 6.12. The maximum absolute atomic E-state index is 5.78. The van der Waals surface area contributed by atoms with Crippen LogP contribution in [0.1, 0.15) is 18.4 Å². The summed E-state index contributed by atoms with van der Waals surface area (Å²) in [5.74, 6) is 0.946. The van der Waals surface area contributed by atoms with E-state index in [-0.39, 0.29) is 0 Å². The van der Waals surface area contributed by atoms with Crippen molar-refractivity contribution < 1.29 is 4.74 Å². The van der Waals surface area contributed by atoms with E-state index in [0.717, 1.165) is 48.7 Å². The fourth-order valence-electron chi connectivity index (χ4n) is 2.27. The van der Waals surface area contributed by atoms with Crippen LogP contribution in [0.25, 0.3) is 11.3 Å². The standard InChI is InChI=1S/C14H16N2O/c1-11-13(12-7-3-2-4-8-12)15-16-9-5-6-10-17-14(11)16/h2-4,7-8H,5-6,9-10H2,1H3. The molecule has 0 fully saturated rings. The number of rotatable bonds is 1. The molecular weight excluding hydrogens is 212 g/mol. The molecule has 0 amide bonds. The van der Waals surface area contributed by atoms with Gasteiger partial charge in [0.1, 0.15) is 0 Å². The van der Waals surface area contributed by atoms with Gasteiger partial charge in [0.05, 0.1) is 12.3 Å². The summed E-state index contributed by atoms with van der Waals surface area (Å²) in [5.41, 5.74) is 3.36. The van der Waals surface area contributed by atoms with Crippen molar-refractivity contribution in [3.8, 4) is 17.1 Å². The highest BCUT2D eigenvalue weighted by molar-refractivity contribution is 5.64. The summed E-state index contributed by atoms with van der Waals surface area (Å²) in [5, 5.41) is 4.67. The molecule has 2 heterocycles. The predicted octanol–water partition coefficient (Wildman–Crippen LogP) is 3.03. The Hall–Kier alpha value is -1.77. The third kappa shape index (κ3) is 1.82. The quantitative estimate of drug-likeness (QED) is 0.750. The maximum Gasteiger partial charge on any atom is 0.215 e. The molecule has 1 aromatic heterocycles. The van der Waals surface area contributed by atoms with Crippen molar-refractivity contribution in [2.45, 2.75) is 26.3 Å². The fraction of sp³-hybridized carbons (Fsp3) is 0.357. The van der Waals surface area contributed by atoms with Gasteiger partial charge in [-0.1, -0.05) is 30.3 Å². The molecule has 17 heavy (non-hydrogen) atoms. The molecule has 3 heteroatoms. The van der Waals surface area contributed by atoms with Crippen molar-refractivity contribution >= 4 is 0 Å². The van der Waals surface area contributed by atoms with Gasteiger partial charge in [-0.3, -0.25) is 0 Å². The molecule has 1 aromatic carbocycles. The van der Waals surface area contributed by atoms with E-state index in [2.05, 4.69) is 24.2 Å². The summed E-state index contributed by atoms with van der Waals surface area (Å²) < 4.78 is 7.79. The lowest BCUT2D eigenvalue weighted by molar-refractivity contribution is 0.301. The van der Waals surface area contributed by atoms with Gasteiger partial charge in [0, 0.05) is 17.7 Å². The highest BCUT2D eigenvalue weighted by Gasteiger charge is 2.18. The van der Waals surface area contributed by atoms with Gasteiger partial charge in [0.2, 0.25) is 5.88 Å². The van der Waals surface area contributed by atoms with Gasteiger partial charge in [0.25, 0.3) is 0 Å². The van der Waals surface area contributed by atoms with Gasteiger partial charge in [0.15, 0.2) is 0 Å². The Labute approximate surface area is 101 Å². The Morgan fingerprint density at radius 3 is 2.82 bits per heavy atom. The summed E-state index contributed by atoms with van der Waals surface area (Å²) in [6, 6.07) is 10.3. The molecule has 0 N–H and O–H groups in total. The molecule has 0 unspecified atom stereocenters. The molecule has 3 nitrogen and oxygen atoms in total. The predicted molar refractivity (Wildman–Crippen MR) is 67.1 cm³/mol. The highest BCUT2D eigenvalue weighted by atomic mass is 16.5. The molecule has 88 valence electrons. The molecule has 2 aromatic rings. The van der Waals surface area contributed by atoms with Crippen LogP contribution < -0.4 is 4.74 Å². The average molecular weight is 228 g/mol. The van der Waals surface area contributed by atoms with E-state index >= 15 is 0 Å². The zero-order chi connectivity index (χ0) is 11.7. The lowest BCUT2D eigenvalue weighted by Gasteiger charge is -2.03. The minimum absolute atomic E-state index is 0.806. The zero-order valence-electron chi connectivity index (χ0n) is 10.0. The number of aromatic nitrogens is 2. The fourth-order valence-corrected chi connectivity index (χ4v) is 2.27. The summed E-state index contributed by atoms with van der Waals surface area (Å²) in [6.45, 7) is 3.86. The van der Waals surface area contributed by atoms with E-state index in [9.17, 15) is 0 Å². The molecule has 0 radical (unpaired) electrons. The van der Waals surface area contributed by atoms with Crippen molar-refractivity contribution in [1.82, 2.24) is 9.78 Å². The molecule has 0 aliphatic carbocycles. The first-order chi connectivity index (χ1) is 8.36. The van der Waals surface area contributed by atoms with Crippen molar-refractivity contribution in [3.63, 3.8) is 0 Å². The lowest BCUT2D eigenvalue weighted by atomic mass is 10.1. The van der Waals surface area contributed by atoms with Gasteiger partial charge in [-0.25, -0.2) is 4.68 Å². The number of hydrogen-bond acceptors (Lipinski definition) is 2. The Morgan fingerprint density at radius 1 is 1.18 bits per heavy atom. The number of benzene rings is 1. The SMILES string of the molecule is Cc1c(-c2ccccc2)nn2c1OCCCC2. The summed E-state index contributed by atoms with van der Waals surface area (Å²) in [6.07, 6.45) is 2.26. The van der Waals surface area contributed by atoms with Crippen LogP contribution in [-0.2, 0) is 6.54 Å². The highest BCUT2D eigenvalue weighted by Crippen LogP contribution is 2.31. The van der Waals surface area contributed by atoms with Gasteiger partial charge in [-0.15, -0.1) is 0 Å². The van der Waals surface area contributed by atoms with Crippen LogP contribution in [0, 0.1) is 6.92 Å². The Bertz CT molecular complexity index is 517. The minimum atomic E-state index is 0.806. The second-order valence-corrected chi connectivity index (χ2v) is 4.42. The van der Waals surface area contributed by atoms with E-state index in [0.29, 0.717) is 0 Å². The van der Waals surface area contributed by atoms with Crippen LogP contribution >= 0.6 is 0 Å². The van der Waals surface area contributed by atoms with Crippen LogP contribution in [0.4, 0.5) is 0 Å². The molecule has 3 rings (SSSR count). The Balaban J connectivity index is 2.08. The smallest absolute Gasteiger partial charge is 0.215 e. The van der Waals surface area contributed by atoms with Gasteiger partial charge >= 0.3 is 0 Å². The summed E-state index contributed by atoms with van der Waals surface area (Å²) >= 11 is 0. The Morgan fingerprint density at radius 2 is 2.00 bits per heavy atom. The van der Waals surface area contributed by atoms with E-state index in [1.54, 1.807) is 0 Å². The summed E-state index contributed by atoms with van der Waals surface area (Å²) in [7, 11) is 0. The number of ether oxygens (including phenoxy) is 1. The summed E-state index contributed by atoms with van der Waals surface area (Å²) in [4.78, 5) is 0. The first-order valence-electron chi connectivity index (χ1n) is 6.12. The van der Waals surface area contributed by atoms with Crippen LogP contribution in [0.15, 0.2) is 30.3 Å². The molecule has 0 saturated heterocycles. The first kappa shape index (κ1) is 10.4. The van der Waals surface area contributed by atoms with Crippen molar-refractivity contribution in [2.24, 2.45) is 0 Å². The number of hydrogen-bond donors (Lipinski definition) is 0. The third-order valence-electron chi connectivity index (χ3n) is 3.18. The topological polar surface area (TPSA) is 27.1 Å². The molecule has 0 saturated carbocycles. The normalized spacial score (nSPS) is 14.9. The molecule has 0 atom stereocenters. The van der Waals surface area contributed by atoms with Crippen LogP contribution in [0.5, 0.6) is 5.88 Å². The lowest BCUT2D eigenvalue weighted by Crippen LogP contribution is -2.00. The number of aryl methyl sites for hydroxylation is 1. The minimum Gasteiger partial charge on any atom is -0.478 e. The number of fused-ring (bicyclic) bond motifs is 1. The van der Waals surface area contributed by atoms with Crippen molar-refractivity contribution in [3.05, 3.63) is 35.9 Å². The van der Waals surface area contributed by atoms with Crippen LogP contribution in [-0.4, -0.2) is 16.4 Å². The monoisotopic (exact) mass is 228 g/mol.